The van der Waals surface area contributed by atoms with Gasteiger partial charge in [0.1, 0.15) is 5.00 Å². The molecule has 1 aliphatic carbocycles. The van der Waals surface area contributed by atoms with E-state index in [-0.39, 0.29) is 28.5 Å². The number of fused-ring (bicyclic) bond motifs is 1. The van der Waals surface area contributed by atoms with Gasteiger partial charge in [-0.3, -0.25) is 9.59 Å². The fourth-order valence-corrected chi connectivity index (χ4v) is 7.09. The molecule has 3 rings (SSSR count). The molecule has 1 heterocycles. The van der Waals surface area contributed by atoms with E-state index in [1.54, 1.807) is 7.05 Å². The number of rotatable bonds is 9. The minimum absolute atomic E-state index is 0.168. The minimum atomic E-state index is -3.66. The maximum atomic E-state index is 13.2. The van der Waals surface area contributed by atoms with E-state index in [9.17, 15) is 18.0 Å². The molecule has 1 aromatic heterocycles. The summed E-state index contributed by atoms with van der Waals surface area (Å²) in [5.74, 6) is -0.178. The molecule has 7 nitrogen and oxygen atoms in total. The van der Waals surface area contributed by atoms with Crippen molar-refractivity contribution in [3.8, 4) is 0 Å². The molecule has 1 aromatic carbocycles. The topological polar surface area (TPSA) is 95.6 Å². The highest BCUT2D eigenvalue weighted by Gasteiger charge is 2.28. The second kappa shape index (κ2) is 10.4. The number of benzene rings is 1. The fraction of sp³-hybridized carbons (Fsp3) is 0.500. The van der Waals surface area contributed by atoms with Gasteiger partial charge in [-0.25, -0.2) is 8.42 Å². The molecule has 0 bridgehead atoms. The van der Waals surface area contributed by atoms with Crippen molar-refractivity contribution >= 4 is 38.2 Å². The zero-order valence-electron chi connectivity index (χ0n) is 19.9. The highest BCUT2D eigenvalue weighted by molar-refractivity contribution is 7.89. The molecule has 2 N–H and O–H groups in total. The predicted molar refractivity (Wildman–Crippen MR) is 133 cm³/mol. The van der Waals surface area contributed by atoms with Crippen LogP contribution in [0.4, 0.5) is 5.00 Å². The Kier molecular flexibility index (Phi) is 7.97. The van der Waals surface area contributed by atoms with E-state index in [2.05, 4.69) is 10.6 Å². The van der Waals surface area contributed by atoms with Crippen molar-refractivity contribution in [2.45, 2.75) is 51.9 Å². The van der Waals surface area contributed by atoms with Crippen LogP contribution < -0.4 is 10.6 Å². The molecule has 0 fully saturated rings. The summed E-state index contributed by atoms with van der Waals surface area (Å²) in [4.78, 5) is 26.6. The number of hydrogen-bond acceptors (Lipinski definition) is 5. The number of carbonyl (C=O) groups is 2. The van der Waals surface area contributed by atoms with Gasteiger partial charge in [0.15, 0.2) is 0 Å². The van der Waals surface area contributed by atoms with Crippen molar-refractivity contribution in [1.29, 1.82) is 0 Å². The molecule has 0 atom stereocenters. The molecule has 33 heavy (non-hydrogen) atoms. The Bertz CT molecular complexity index is 1110. The lowest BCUT2D eigenvalue weighted by Crippen LogP contribution is -2.37. The van der Waals surface area contributed by atoms with Gasteiger partial charge in [-0.1, -0.05) is 27.7 Å². The second-order valence-electron chi connectivity index (χ2n) is 9.23. The van der Waals surface area contributed by atoms with E-state index >= 15 is 0 Å². The average Bonchev–Trinajstić information content (AvgIpc) is 3.33. The van der Waals surface area contributed by atoms with E-state index in [1.807, 2.05) is 27.7 Å². The first-order valence-electron chi connectivity index (χ1n) is 11.3. The van der Waals surface area contributed by atoms with Crippen LogP contribution in [0.1, 0.15) is 65.3 Å². The molecular formula is C24H33N3O4S2. The second-order valence-corrected chi connectivity index (χ2v) is 12.3. The lowest BCUT2D eigenvalue weighted by atomic mass is 10.1. The quantitative estimate of drug-likeness (QED) is 0.551. The Morgan fingerprint density at radius 3 is 2.15 bits per heavy atom. The SMILES string of the molecule is CNC(=O)c1c(NC(=O)c2ccc(S(=O)(=O)N(CC(C)C)CC(C)C)cc2)sc2c1CCC2. The van der Waals surface area contributed by atoms with Crippen LogP contribution in [0.5, 0.6) is 0 Å². The van der Waals surface area contributed by atoms with Crippen LogP contribution in [0.3, 0.4) is 0 Å². The fourth-order valence-electron chi connectivity index (χ4n) is 4.05. The summed E-state index contributed by atoms with van der Waals surface area (Å²) < 4.78 is 27.9. The van der Waals surface area contributed by atoms with Crippen LogP contribution in [0.15, 0.2) is 29.2 Å². The highest BCUT2D eigenvalue weighted by Crippen LogP contribution is 2.39. The zero-order valence-corrected chi connectivity index (χ0v) is 21.5. The molecule has 0 unspecified atom stereocenters. The summed E-state index contributed by atoms with van der Waals surface area (Å²) in [7, 11) is -2.08. The first kappa shape index (κ1) is 25.4. The number of carbonyl (C=O) groups excluding carboxylic acids is 2. The van der Waals surface area contributed by atoms with Gasteiger partial charge >= 0.3 is 0 Å². The molecule has 0 aliphatic heterocycles. The zero-order chi connectivity index (χ0) is 24.3. The number of nitrogens with one attached hydrogen (secondary N) is 2. The van der Waals surface area contributed by atoms with Crippen molar-refractivity contribution in [2.75, 3.05) is 25.5 Å². The van der Waals surface area contributed by atoms with Crippen LogP contribution in [0, 0.1) is 11.8 Å². The van der Waals surface area contributed by atoms with Crippen LogP contribution >= 0.6 is 11.3 Å². The van der Waals surface area contributed by atoms with Gasteiger partial charge in [0.05, 0.1) is 10.5 Å². The van der Waals surface area contributed by atoms with E-state index in [1.165, 1.54) is 39.9 Å². The Morgan fingerprint density at radius 2 is 1.61 bits per heavy atom. The van der Waals surface area contributed by atoms with Crippen molar-refractivity contribution in [2.24, 2.45) is 11.8 Å². The molecule has 180 valence electrons. The van der Waals surface area contributed by atoms with Crippen molar-refractivity contribution in [1.82, 2.24) is 9.62 Å². The first-order chi connectivity index (χ1) is 15.5. The Labute approximate surface area is 200 Å². The molecule has 0 spiro atoms. The maximum Gasteiger partial charge on any atom is 0.256 e. The molecule has 0 saturated heterocycles. The van der Waals surface area contributed by atoms with Gasteiger partial charge in [0.25, 0.3) is 11.8 Å². The monoisotopic (exact) mass is 491 g/mol. The summed E-state index contributed by atoms with van der Waals surface area (Å²) in [5.41, 5.74) is 1.90. The van der Waals surface area contributed by atoms with Gasteiger partial charge in [-0.05, 0) is 60.9 Å². The molecule has 9 heteroatoms. The van der Waals surface area contributed by atoms with Gasteiger partial charge in [0.2, 0.25) is 10.0 Å². The van der Waals surface area contributed by atoms with E-state index < -0.39 is 10.0 Å². The summed E-state index contributed by atoms with van der Waals surface area (Å²) in [6.45, 7) is 8.84. The molecule has 1 aliphatic rings. The standard InChI is InChI=1S/C24H33N3O4S2/c1-15(2)13-27(14-16(3)4)33(30,31)18-11-9-17(10-12-18)22(28)26-24-21(23(29)25-5)19-7-6-8-20(19)32-24/h9-12,15-16H,6-8,13-14H2,1-5H3,(H,25,29)(H,26,28). The van der Waals surface area contributed by atoms with E-state index in [4.69, 9.17) is 0 Å². The third-order valence-electron chi connectivity index (χ3n) is 5.49. The minimum Gasteiger partial charge on any atom is -0.355 e. The lowest BCUT2D eigenvalue weighted by molar-refractivity contribution is 0.0963. The molecule has 2 amide bonds. The Balaban J connectivity index is 1.82. The summed E-state index contributed by atoms with van der Waals surface area (Å²) in [6.07, 6.45) is 2.76. The first-order valence-corrected chi connectivity index (χ1v) is 13.6. The number of hydrogen-bond donors (Lipinski definition) is 2. The number of amides is 2. The number of anilines is 1. The van der Waals surface area contributed by atoms with Crippen molar-refractivity contribution in [3.05, 3.63) is 45.8 Å². The van der Waals surface area contributed by atoms with E-state index in [0.717, 1.165) is 29.7 Å². The van der Waals surface area contributed by atoms with Crippen molar-refractivity contribution in [3.63, 3.8) is 0 Å². The van der Waals surface area contributed by atoms with Gasteiger partial charge < -0.3 is 10.6 Å². The van der Waals surface area contributed by atoms with Gasteiger partial charge in [-0.15, -0.1) is 11.3 Å². The van der Waals surface area contributed by atoms with E-state index in [0.29, 0.717) is 29.2 Å². The Morgan fingerprint density at radius 1 is 1.00 bits per heavy atom. The van der Waals surface area contributed by atoms with Gasteiger partial charge in [0, 0.05) is 30.6 Å². The summed E-state index contributed by atoms with van der Waals surface area (Å²) in [5, 5.41) is 6.06. The predicted octanol–water partition coefficient (Wildman–Crippen LogP) is 4.15. The largest absolute Gasteiger partial charge is 0.355 e. The van der Waals surface area contributed by atoms with Crippen LogP contribution in [0.2, 0.25) is 0 Å². The van der Waals surface area contributed by atoms with Crippen molar-refractivity contribution < 1.29 is 18.0 Å². The Hall–Kier alpha value is -2.23. The summed E-state index contributed by atoms with van der Waals surface area (Å²) >= 11 is 1.44. The third kappa shape index (κ3) is 5.65. The number of nitrogens with zero attached hydrogens (tertiary/aromatic N) is 1. The van der Waals surface area contributed by atoms with Gasteiger partial charge in [-0.2, -0.15) is 4.31 Å². The van der Waals surface area contributed by atoms with Crippen LogP contribution in [0.25, 0.3) is 0 Å². The molecule has 2 aromatic rings. The van der Waals surface area contributed by atoms with Crippen LogP contribution in [-0.2, 0) is 22.9 Å². The smallest absolute Gasteiger partial charge is 0.256 e. The normalized spacial score (nSPS) is 13.6. The maximum absolute atomic E-state index is 13.2. The number of thiophene rings is 1. The average molecular weight is 492 g/mol. The highest BCUT2D eigenvalue weighted by atomic mass is 32.2. The summed E-state index contributed by atoms with van der Waals surface area (Å²) in [6, 6.07) is 6.00. The number of aryl methyl sites for hydroxylation is 1. The lowest BCUT2D eigenvalue weighted by Gasteiger charge is -2.25. The van der Waals surface area contributed by atoms with Crippen LogP contribution in [-0.4, -0.2) is 44.7 Å². The number of sulfonamides is 1. The third-order valence-corrected chi connectivity index (χ3v) is 8.55. The molecule has 0 radical (unpaired) electrons. The molecular weight excluding hydrogens is 458 g/mol. The molecule has 0 saturated carbocycles.